The van der Waals surface area contributed by atoms with Gasteiger partial charge in [0.1, 0.15) is 5.82 Å². The van der Waals surface area contributed by atoms with E-state index in [1.807, 2.05) is 4.90 Å². The molecule has 1 unspecified atom stereocenters. The van der Waals surface area contributed by atoms with Gasteiger partial charge in [0.25, 0.3) is 0 Å². The van der Waals surface area contributed by atoms with Crippen LogP contribution in [0, 0.1) is 5.82 Å². The lowest BCUT2D eigenvalue weighted by atomic mass is 10.1. The normalized spacial score (nSPS) is 18.2. The molecule has 1 fully saturated rings. The topological polar surface area (TPSA) is 52.6 Å². The van der Waals surface area contributed by atoms with Crippen molar-refractivity contribution in [3.63, 3.8) is 0 Å². The van der Waals surface area contributed by atoms with Gasteiger partial charge in [-0.2, -0.15) is 0 Å². The first-order valence-electron chi connectivity index (χ1n) is 6.07. The second kappa shape index (κ2) is 5.35. The first kappa shape index (κ1) is 12.8. The Kier molecular flexibility index (Phi) is 3.81. The molecule has 1 saturated heterocycles. The largest absolute Gasteiger partial charge is 0.389 e. The zero-order valence-corrected chi connectivity index (χ0v) is 10.3. The molecule has 1 aliphatic rings. The Morgan fingerprint density at radius 1 is 1.44 bits per heavy atom. The molecule has 0 radical (unpaired) electrons. The molecule has 1 atom stereocenters. The molecule has 1 aromatic carbocycles. The smallest absolute Gasteiger partial charge is 0.221 e. The lowest BCUT2D eigenvalue weighted by molar-refractivity contribution is -0.120. The van der Waals surface area contributed by atoms with Crippen LogP contribution in [0.4, 0.5) is 10.1 Å². The molecular weight excluding hydrogens is 235 g/mol. The highest BCUT2D eigenvalue weighted by Gasteiger charge is 2.21. The fraction of sp³-hybridized carbons (Fsp3) is 0.462. The highest BCUT2D eigenvalue weighted by atomic mass is 19.1. The Morgan fingerprint density at radius 3 is 2.94 bits per heavy atom. The second-order valence-electron chi connectivity index (χ2n) is 4.44. The first-order valence-corrected chi connectivity index (χ1v) is 6.07. The Morgan fingerprint density at radius 2 is 2.22 bits per heavy atom. The van der Waals surface area contributed by atoms with Crippen LogP contribution in [0.25, 0.3) is 0 Å². The minimum atomic E-state index is -0.734. The van der Waals surface area contributed by atoms with Crippen LogP contribution >= 0.6 is 0 Å². The number of anilines is 1. The summed E-state index contributed by atoms with van der Waals surface area (Å²) in [5.41, 5.74) is 0.966. The monoisotopic (exact) mass is 252 g/mol. The molecule has 1 aliphatic heterocycles. The summed E-state index contributed by atoms with van der Waals surface area (Å²) in [7, 11) is 0. The van der Waals surface area contributed by atoms with E-state index >= 15 is 0 Å². The highest BCUT2D eigenvalue weighted by Crippen LogP contribution is 2.29. The summed E-state index contributed by atoms with van der Waals surface area (Å²) in [5.74, 6) is -0.379. The van der Waals surface area contributed by atoms with Crippen molar-refractivity contribution in [3.8, 4) is 0 Å². The van der Waals surface area contributed by atoms with Crippen molar-refractivity contribution >= 4 is 11.6 Å². The van der Waals surface area contributed by atoms with Crippen LogP contribution < -0.4 is 10.2 Å². The molecule has 4 nitrogen and oxygen atoms in total. The number of nitrogens with one attached hydrogen (secondary N) is 1. The van der Waals surface area contributed by atoms with Crippen molar-refractivity contribution in [2.75, 3.05) is 24.5 Å². The summed E-state index contributed by atoms with van der Waals surface area (Å²) < 4.78 is 14.0. The van der Waals surface area contributed by atoms with E-state index in [0.29, 0.717) is 37.3 Å². The number of para-hydroxylation sites is 1. The average Bonchev–Trinajstić information content (AvgIpc) is 2.53. The minimum Gasteiger partial charge on any atom is -0.389 e. The third kappa shape index (κ3) is 2.61. The molecule has 0 aromatic heterocycles. The molecule has 2 N–H and O–H groups in total. The van der Waals surface area contributed by atoms with Gasteiger partial charge in [-0.25, -0.2) is 4.39 Å². The van der Waals surface area contributed by atoms with Crippen molar-refractivity contribution in [2.45, 2.75) is 19.4 Å². The summed E-state index contributed by atoms with van der Waals surface area (Å²) in [5, 5.41) is 12.5. The van der Waals surface area contributed by atoms with Crippen molar-refractivity contribution in [1.29, 1.82) is 0 Å². The van der Waals surface area contributed by atoms with Crippen molar-refractivity contribution in [2.24, 2.45) is 0 Å². The standard InChI is InChI=1S/C13H17FN2O2/c1-9(17)10-3-2-4-11(14)13(10)16-7-5-12(18)15-6-8-16/h2-4,9,17H,5-8H2,1H3,(H,15,18). The van der Waals surface area contributed by atoms with Gasteiger partial charge < -0.3 is 15.3 Å². The molecule has 1 amide bonds. The van der Waals surface area contributed by atoms with Gasteiger partial charge in [-0.05, 0) is 13.0 Å². The van der Waals surface area contributed by atoms with Crippen molar-refractivity contribution in [3.05, 3.63) is 29.6 Å². The van der Waals surface area contributed by atoms with E-state index in [9.17, 15) is 14.3 Å². The van der Waals surface area contributed by atoms with E-state index in [0.717, 1.165) is 0 Å². The number of benzene rings is 1. The fourth-order valence-electron chi connectivity index (χ4n) is 2.19. The van der Waals surface area contributed by atoms with Gasteiger partial charge in [-0.3, -0.25) is 4.79 Å². The minimum absolute atomic E-state index is 0.0209. The SMILES string of the molecule is CC(O)c1cccc(F)c1N1CCNC(=O)CC1. The Bertz CT molecular complexity index is 449. The maximum Gasteiger partial charge on any atom is 0.221 e. The fourth-order valence-corrected chi connectivity index (χ4v) is 2.19. The van der Waals surface area contributed by atoms with Crippen LogP contribution in [0.3, 0.4) is 0 Å². The summed E-state index contributed by atoms with van der Waals surface area (Å²) in [6, 6.07) is 4.67. The predicted molar refractivity (Wildman–Crippen MR) is 66.9 cm³/mol. The quantitative estimate of drug-likeness (QED) is 0.831. The Hall–Kier alpha value is -1.62. The van der Waals surface area contributed by atoms with Gasteiger partial charge in [0.2, 0.25) is 5.91 Å². The van der Waals surface area contributed by atoms with Crippen LogP contribution in [0.1, 0.15) is 25.0 Å². The number of aliphatic hydroxyl groups excluding tert-OH is 1. The number of halogens is 1. The summed E-state index contributed by atoms with van der Waals surface area (Å²) in [4.78, 5) is 13.1. The number of hydrogen-bond acceptors (Lipinski definition) is 3. The van der Waals surface area contributed by atoms with Gasteiger partial charge in [0, 0.05) is 31.6 Å². The Labute approximate surface area is 105 Å². The van der Waals surface area contributed by atoms with Crippen LogP contribution in [0.5, 0.6) is 0 Å². The first-order chi connectivity index (χ1) is 8.59. The number of rotatable bonds is 2. The lowest BCUT2D eigenvalue weighted by Gasteiger charge is -2.26. The third-order valence-corrected chi connectivity index (χ3v) is 3.10. The Balaban J connectivity index is 2.34. The molecule has 1 heterocycles. The number of aliphatic hydroxyl groups is 1. The molecule has 1 aromatic rings. The van der Waals surface area contributed by atoms with Gasteiger partial charge >= 0.3 is 0 Å². The molecule has 0 spiro atoms. The summed E-state index contributed by atoms with van der Waals surface area (Å²) in [6.07, 6.45) is -0.393. The molecular formula is C13H17FN2O2. The molecule has 0 aliphatic carbocycles. The van der Waals surface area contributed by atoms with Crippen LogP contribution in [0.2, 0.25) is 0 Å². The van der Waals surface area contributed by atoms with E-state index in [4.69, 9.17) is 0 Å². The molecule has 18 heavy (non-hydrogen) atoms. The van der Waals surface area contributed by atoms with E-state index in [-0.39, 0.29) is 11.7 Å². The number of carbonyl (C=O) groups excluding carboxylic acids is 1. The van der Waals surface area contributed by atoms with E-state index in [1.54, 1.807) is 19.1 Å². The van der Waals surface area contributed by atoms with E-state index in [1.165, 1.54) is 6.07 Å². The van der Waals surface area contributed by atoms with Crippen LogP contribution in [-0.4, -0.2) is 30.6 Å². The molecule has 2 rings (SSSR count). The summed E-state index contributed by atoms with van der Waals surface area (Å²) >= 11 is 0. The van der Waals surface area contributed by atoms with Gasteiger partial charge in [0.15, 0.2) is 0 Å². The number of carbonyl (C=O) groups is 1. The molecule has 0 bridgehead atoms. The van der Waals surface area contributed by atoms with Crippen molar-refractivity contribution in [1.82, 2.24) is 5.32 Å². The number of nitrogens with zero attached hydrogens (tertiary/aromatic N) is 1. The summed E-state index contributed by atoms with van der Waals surface area (Å²) in [6.45, 7) is 3.12. The molecule has 5 heteroatoms. The second-order valence-corrected chi connectivity index (χ2v) is 4.44. The number of amides is 1. The van der Waals surface area contributed by atoms with Crippen molar-refractivity contribution < 1.29 is 14.3 Å². The van der Waals surface area contributed by atoms with Gasteiger partial charge in [0.05, 0.1) is 11.8 Å². The maximum atomic E-state index is 14.0. The third-order valence-electron chi connectivity index (χ3n) is 3.10. The van der Waals surface area contributed by atoms with E-state index in [2.05, 4.69) is 5.32 Å². The predicted octanol–water partition coefficient (Wildman–Crippen LogP) is 1.21. The van der Waals surface area contributed by atoms with E-state index < -0.39 is 6.10 Å². The zero-order valence-electron chi connectivity index (χ0n) is 10.3. The zero-order chi connectivity index (χ0) is 13.1. The molecule has 98 valence electrons. The van der Waals surface area contributed by atoms with Gasteiger partial charge in [-0.1, -0.05) is 12.1 Å². The van der Waals surface area contributed by atoms with Crippen LogP contribution in [-0.2, 0) is 4.79 Å². The van der Waals surface area contributed by atoms with Crippen LogP contribution in [0.15, 0.2) is 18.2 Å². The number of hydrogen-bond donors (Lipinski definition) is 2. The average molecular weight is 252 g/mol. The highest BCUT2D eigenvalue weighted by molar-refractivity contribution is 5.77. The van der Waals surface area contributed by atoms with Gasteiger partial charge in [-0.15, -0.1) is 0 Å². The lowest BCUT2D eigenvalue weighted by Crippen LogP contribution is -2.30. The maximum absolute atomic E-state index is 14.0. The molecule has 0 saturated carbocycles.